The predicted molar refractivity (Wildman–Crippen MR) is 59.1 cm³/mol. The Kier molecular flexibility index (Phi) is 3.75. The van der Waals surface area contributed by atoms with Crippen molar-refractivity contribution in [2.75, 3.05) is 0 Å². The fourth-order valence-corrected chi connectivity index (χ4v) is 1.79. The zero-order chi connectivity index (χ0) is 11.4. The maximum Gasteiger partial charge on any atom is 0.307 e. The maximum atomic E-state index is 10.6. The number of aryl methyl sites for hydroxylation is 1. The molecule has 3 nitrogen and oxygen atoms in total. The topological polar surface area (TPSA) is 61.1 Å². The second-order valence-electron chi connectivity index (χ2n) is 3.17. The average Bonchev–Trinajstić information content (AvgIpc) is 2.15. The Hall–Kier alpha value is -1.47. The van der Waals surface area contributed by atoms with Crippen LogP contribution in [0.2, 0.25) is 0 Å². The van der Waals surface area contributed by atoms with E-state index in [1.165, 1.54) is 0 Å². The normalized spacial score (nSPS) is 9.67. The third-order valence-electron chi connectivity index (χ3n) is 2.12. The van der Waals surface area contributed by atoms with Crippen LogP contribution < -0.4 is 0 Å². The Morgan fingerprint density at radius 1 is 1.53 bits per heavy atom. The van der Waals surface area contributed by atoms with E-state index < -0.39 is 5.97 Å². The van der Waals surface area contributed by atoms with Crippen LogP contribution in [0.25, 0.3) is 0 Å². The molecule has 1 aromatic carbocycles. The first-order valence-electron chi connectivity index (χ1n) is 4.55. The Balaban J connectivity index is 3.30. The molecule has 0 amide bonds. The van der Waals surface area contributed by atoms with Crippen LogP contribution >= 0.6 is 12.6 Å². The summed E-state index contributed by atoms with van der Waals surface area (Å²) >= 11 is 4.18. The van der Waals surface area contributed by atoms with Crippen LogP contribution in [0.4, 0.5) is 0 Å². The summed E-state index contributed by atoms with van der Waals surface area (Å²) < 4.78 is 0. The van der Waals surface area contributed by atoms with E-state index in [4.69, 9.17) is 10.4 Å². The second kappa shape index (κ2) is 4.85. The van der Waals surface area contributed by atoms with Crippen LogP contribution in [-0.2, 0) is 17.6 Å². The lowest BCUT2D eigenvalue weighted by atomic mass is 9.98. The molecule has 0 aliphatic rings. The number of nitrogens with zero attached hydrogens (tertiary/aromatic N) is 1. The number of carbonyl (C=O) groups is 1. The molecule has 0 fully saturated rings. The van der Waals surface area contributed by atoms with Gasteiger partial charge in [-0.3, -0.25) is 4.79 Å². The molecule has 0 atom stereocenters. The van der Waals surface area contributed by atoms with E-state index in [0.29, 0.717) is 22.4 Å². The zero-order valence-corrected chi connectivity index (χ0v) is 9.21. The second-order valence-corrected chi connectivity index (χ2v) is 3.69. The van der Waals surface area contributed by atoms with Crippen molar-refractivity contribution in [2.45, 2.75) is 24.7 Å². The predicted octanol–water partition coefficient (Wildman–Crippen LogP) is 2.04. The molecule has 15 heavy (non-hydrogen) atoms. The highest BCUT2D eigenvalue weighted by atomic mass is 32.1. The number of rotatable bonds is 3. The molecule has 0 radical (unpaired) electrons. The van der Waals surface area contributed by atoms with Gasteiger partial charge in [-0.25, -0.2) is 0 Å². The summed E-state index contributed by atoms with van der Waals surface area (Å²) in [7, 11) is 0. The van der Waals surface area contributed by atoms with Gasteiger partial charge in [0.1, 0.15) is 0 Å². The lowest BCUT2D eigenvalue weighted by Crippen LogP contribution is -2.04. The van der Waals surface area contributed by atoms with Gasteiger partial charge < -0.3 is 5.11 Å². The SMILES string of the molecule is CCc1cc(S)cc(CC(=O)O)c1C#N. The first kappa shape index (κ1) is 11.6. The van der Waals surface area contributed by atoms with Gasteiger partial charge in [0, 0.05) is 4.90 Å². The van der Waals surface area contributed by atoms with Gasteiger partial charge >= 0.3 is 5.97 Å². The van der Waals surface area contributed by atoms with Crippen LogP contribution in [-0.4, -0.2) is 11.1 Å². The Morgan fingerprint density at radius 3 is 2.60 bits per heavy atom. The van der Waals surface area contributed by atoms with Crippen molar-refractivity contribution in [3.8, 4) is 6.07 Å². The molecule has 0 unspecified atom stereocenters. The Morgan fingerprint density at radius 2 is 2.13 bits per heavy atom. The average molecular weight is 221 g/mol. The van der Waals surface area contributed by atoms with Gasteiger partial charge in [0.2, 0.25) is 0 Å². The summed E-state index contributed by atoms with van der Waals surface area (Å²) in [5.74, 6) is -0.938. The van der Waals surface area contributed by atoms with Crippen molar-refractivity contribution >= 4 is 18.6 Å². The number of aliphatic carboxylic acids is 1. The van der Waals surface area contributed by atoms with Crippen molar-refractivity contribution in [3.05, 3.63) is 28.8 Å². The highest BCUT2D eigenvalue weighted by Gasteiger charge is 2.11. The summed E-state index contributed by atoms with van der Waals surface area (Å²) in [4.78, 5) is 11.3. The number of hydrogen-bond acceptors (Lipinski definition) is 3. The number of carboxylic acids is 1. The molecule has 78 valence electrons. The third kappa shape index (κ3) is 2.74. The lowest BCUT2D eigenvalue weighted by Gasteiger charge is -2.07. The number of benzene rings is 1. The van der Waals surface area contributed by atoms with Crippen molar-refractivity contribution in [1.82, 2.24) is 0 Å². The first-order valence-corrected chi connectivity index (χ1v) is 4.99. The van der Waals surface area contributed by atoms with Gasteiger partial charge in [-0.2, -0.15) is 5.26 Å². The van der Waals surface area contributed by atoms with Crippen LogP contribution in [0.5, 0.6) is 0 Å². The van der Waals surface area contributed by atoms with E-state index in [2.05, 4.69) is 18.7 Å². The van der Waals surface area contributed by atoms with Gasteiger partial charge in [0.15, 0.2) is 0 Å². The molecular weight excluding hydrogens is 210 g/mol. The number of thiol groups is 1. The molecule has 0 saturated carbocycles. The fourth-order valence-electron chi connectivity index (χ4n) is 1.47. The van der Waals surface area contributed by atoms with E-state index in [0.717, 1.165) is 5.56 Å². The standard InChI is InChI=1S/C11H11NO2S/c1-2-7-3-9(15)4-8(5-11(13)14)10(7)6-12/h3-4,15H,2,5H2,1H3,(H,13,14). The molecule has 1 N–H and O–H groups in total. The minimum absolute atomic E-state index is 0.135. The fraction of sp³-hybridized carbons (Fsp3) is 0.273. The van der Waals surface area contributed by atoms with Gasteiger partial charge in [-0.1, -0.05) is 6.92 Å². The van der Waals surface area contributed by atoms with Crippen LogP contribution in [0, 0.1) is 11.3 Å². The van der Waals surface area contributed by atoms with Gasteiger partial charge in [-0.05, 0) is 29.7 Å². The van der Waals surface area contributed by atoms with Crippen molar-refractivity contribution in [1.29, 1.82) is 5.26 Å². The zero-order valence-electron chi connectivity index (χ0n) is 8.32. The third-order valence-corrected chi connectivity index (χ3v) is 2.38. The summed E-state index contributed by atoms with van der Waals surface area (Å²) in [5.41, 5.74) is 1.85. The highest BCUT2D eigenvalue weighted by Crippen LogP contribution is 2.20. The molecule has 1 rings (SSSR count). The molecule has 0 spiro atoms. The molecule has 0 aliphatic heterocycles. The summed E-state index contributed by atoms with van der Waals surface area (Å²) in [6, 6.07) is 5.48. The van der Waals surface area contributed by atoms with Gasteiger partial charge in [0.05, 0.1) is 18.1 Å². The van der Waals surface area contributed by atoms with Crippen molar-refractivity contribution in [2.24, 2.45) is 0 Å². The summed E-state index contributed by atoms with van der Waals surface area (Å²) in [5, 5.41) is 17.7. The minimum atomic E-state index is -0.938. The van der Waals surface area contributed by atoms with E-state index >= 15 is 0 Å². The molecule has 0 bridgehead atoms. The smallest absolute Gasteiger partial charge is 0.307 e. The van der Waals surface area contributed by atoms with E-state index in [-0.39, 0.29) is 6.42 Å². The molecular formula is C11H11NO2S. The summed E-state index contributed by atoms with van der Waals surface area (Å²) in [6.07, 6.45) is 0.564. The Labute approximate surface area is 93.8 Å². The van der Waals surface area contributed by atoms with Crippen LogP contribution in [0.3, 0.4) is 0 Å². The van der Waals surface area contributed by atoms with E-state index in [1.54, 1.807) is 12.1 Å². The van der Waals surface area contributed by atoms with Gasteiger partial charge in [-0.15, -0.1) is 12.6 Å². The van der Waals surface area contributed by atoms with Crippen LogP contribution in [0.1, 0.15) is 23.6 Å². The number of hydrogen-bond donors (Lipinski definition) is 2. The molecule has 0 saturated heterocycles. The highest BCUT2D eigenvalue weighted by molar-refractivity contribution is 7.80. The molecule has 1 aromatic rings. The molecule has 4 heteroatoms. The van der Waals surface area contributed by atoms with Crippen molar-refractivity contribution in [3.63, 3.8) is 0 Å². The lowest BCUT2D eigenvalue weighted by molar-refractivity contribution is -0.136. The Bertz CT molecular complexity index is 435. The number of carboxylic acid groups (broad SMARTS) is 1. The molecule has 0 aromatic heterocycles. The van der Waals surface area contributed by atoms with Crippen LogP contribution in [0.15, 0.2) is 17.0 Å². The maximum absolute atomic E-state index is 10.6. The first-order chi connectivity index (χ1) is 7.08. The van der Waals surface area contributed by atoms with E-state index in [1.807, 2.05) is 6.92 Å². The minimum Gasteiger partial charge on any atom is -0.481 e. The van der Waals surface area contributed by atoms with E-state index in [9.17, 15) is 4.79 Å². The monoisotopic (exact) mass is 221 g/mol. The molecule has 0 aliphatic carbocycles. The quantitative estimate of drug-likeness (QED) is 0.768. The largest absolute Gasteiger partial charge is 0.481 e. The van der Waals surface area contributed by atoms with Gasteiger partial charge in [0.25, 0.3) is 0 Å². The number of nitriles is 1. The summed E-state index contributed by atoms with van der Waals surface area (Å²) in [6.45, 7) is 1.92. The van der Waals surface area contributed by atoms with Crippen molar-refractivity contribution < 1.29 is 9.90 Å². The molecule has 0 heterocycles.